The molecule has 1 N–H and O–H groups in total. The summed E-state index contributed by atoms with van der Waals surface area (Å²) in [5.41, 5.74) is 0.698. The third kappa shape index (κ3) is 4.12. The van der Waals surface area contributed by atoms with Gasteiger partial charge in [0, 0.05) is 24.6 Å². The number of sulfonamides is 1. The Bertz CT molecular complexity index is 476. The van der Waals surface area contributed by atoms with Gasteiger partial charge < -0.3 is 4.74 Å². The van der Waals surface area contributed by atoms with E-state index < -0.39 is 10.0 Å². The maximum absolute atomic E-state index is 11.8. The van der Waals surface area contributed by atoms with E-state index in [4.69, 9.17) is 27.9 Å². The lowest BCUT2D eigenvalue weighted by molar-refractivity contribution is 0.204. The first-order valence-electron chi connectivity index (χ1n) is 4.84. The van der Waals surface area contributed by atoms with E-state index in [9.17, 15) is 8.42 Å². The smallest absolute Gasteiger partial charge is 0.240 e. The van der Waals surface area contributed by atoms with Gasteiger partial charge in [-0.15, -0.1) is 11.6 Å². The first kappa shape index (κ1) is 14.7. The molecule has 4 nitrogen and oxygen atoms in total. The van der Waals surface area contributed by atoms with Crippen molar-refractivity contribution in [1.29, 1.82) is 0 Å². The average molecular weight is 298 g/mol. The average Bonchev–Trinajstić information content (AvgIpc) is 2.29. The summed E-state index contributed by atoms with van der Waals surface area (Å²) >= 11 is 11.5. The standard InChI is InChI=1S/C10H13Cl2NO3S/c1-16-5-4-13-17(14,15)9-3-2-8(7-11)10(12)6-9/h2-3,6,13H,4-5,7H2,1H3. The molecule has 0 aliphatic heterocycles. The van der Waals surface area contributed by atoms with E-state index in [0.717, 1.165) is 0 Å². The largest absolute Gasteiger partial charge is 0.383 e. The summed E-state index contributed by atoms with van der Waals surface area (Å²) in [7, 11) is -2.04. The van der Waals surface area contributed by atoms with Gasteiger partial charge in [0.25, 0.3) is 0 Å². The molecule has 0 aliphatic carbocycles. The summed E-state index contributed by atoms with van der Waals surface area (Å²) in [6.45, 7) is 0.528. The number of hydrogen-bond donors (Lipinski definition) is 1. The van der Waals surface area contributed by atoms with Crippen LogP contribution in [0.3, 0.4) is 0 Å². The molecule has 0 spiro atoms. The molecule has 0 saturated carbocycles. The van der Waals surface area contributed by atoms with Crippen LogP contribution in [0.5, 0.6) is 0 Å². The van der Waals surface area contributed by atoms with Gasteiger partial charge in [0.05, 0.1) is 11.5 Å². The Morgan fingerprint density at radius 2 is 2.12 bits per heavy atom. The number of hydrogen-bond acceptors (Lipinski definition) is 3. The Balaban J connectivity index is 2.88. The van der Waals surface area contributed by atoms with Gasteiger partial charge in [-0.25, -0.2) is 13.1 Å². The summed E-state index contributed by atoms with van der Waals surface area (Å²) in [4.78, 5) is 0.118. The lowest BCUT2D eigenvalue weighted by atomic mass is 10.2. The fourth-order valence-corrected chi connectivity index (χ4v) is 2.82. The van der Waals surface area contributed by atoms with Crippen molar-refractivity contribution in [3.63, 3.8) is 0 Å². The van der Waals surface area contributed by atoms with Crippen LogP contribution >= 0.6 is 23.2 Å². The first-order valence-corrected chi connectivity index (χ1v) is 7.24. The summed E-state index contributed by atoms with van der Waals surface area (Å²) in [6, 6.07) is 4.45. The number of methoxy groups -OCH3 is 1. The zero-order valence-corrected chi connectivity index (χ0v) is 11.6. The second-order valence-corrected chi connectivity index (χ2v) is 5.72. The fourth-order valence-electron chi connectivity index (χ4n) is 1.16. The van der Waals surface area contributed by atoms with Gasteiger partial charge in [-0.1, -0.05) is 17.7 Å². The van der Waals surface area contributed by atoms with E-state index in [0.29, 0.717) is 17.2 Å². The van der Waals surface area contributed by atoms with Gasteiger partial charge in [-0.3, -0.25) is 0 Å². The van der Waals surface area contributed by atoms with E-state index in [-0.39, 0.29) is 17.3 Å². The molecule has 0 amide bonds. The Labute approximate surface area is 111 Å². The van der Waals surface area contributed by atoms with E-state index in [1.807, 2.05) is 0 Å². The Morgan fingerprint density at radius 3 is 2.65 bits per heavy atom. The number of nitrogens with one attached hydrogen (secondary N) is 1. The van der Waals surface area contributed by atoms with Crippen molar-refractivity contribution in [3.8, 4) is 0 Å². The molecule has 0 unspecified atom stereocenters. The van der Waals surface area contributed by atoms with Crippen LogP contribution in [0.15, 0.2) is 23.1 Å². The minimum atomic E-state index is -3.54. The summed E-state index contributed by atoms with van der Waals surface area (Å²) in [5, 5.41) is 0.342. The second kappa shape index (κ2) is 6.56. The number of benzene rings is 1. The normalized spacial score (nSPS) is 11.7. The third-order valence-electron chi connectivity index (χ3n) is 2.08. The predicted molar refractivity (Wildman–Crippen MR) is 68.1 cm³/mol. The van der Waals surface area contributed by atoms with Crippen LogP contribution in [0.2, 0.25) is 5.02 Å². The second-order valence-electron chi connectivity index (χ2n) is 3.28. The lowest BCUT2D eigenvalue weighted by Crippen LogP contribution is -2.27. The van der Waals surface area contributed by atoms with Crippen molar-refractivity contribution in [2.45, 2.75) is 10.8 Å². The topological polar surface area (TPSA) is 55.4 Å². The van der Waals surface area contributed by atoms with Crippen LogP contribution in [0.1, 0.15) is 5.56 Å². The van der Waals surface area contributed by atoms with Crippen LogP contribution in [-0.4, -0.2) is 28.7 Å². The minimum absolute atomic E-state index is 0.118. The molecule has 0 radical (unpaired) electrons. The number of alkyl halides is 1. The van der Waals surface area contributed by atoms with Gasteiger partial charge in [-0.05, 0) is 17.7 Å². The molecule has 0 aromatic heterocycles. The summed E-state index contributed by atoms with van der Waals surface area (Å²) < 4.78 is 30.8. The summed E-state index contributed by atoms with van der Waals surface area (Å²) in [6.07, 6.45) is 0. The Hall–Kier alpha value is -0.330. The molecule has 0 aliphatic rings. The molecular formula is C10H13Cl2NO3S. The Kier molecular flexibility index (Phi) is 5.69. The van der Waals surface area contributed by atoms with Crippen molar-refractivity contribution < 1.29 is 13.2 Å². The van der Waals surface area contributed by atoms with Crippen LogP contribution in [0, 0.1) is 0 Å². The quantitative estimate of drug-likeness (QED) is 0.645. The first-order chi connectivity index (χ1) is 8.01. The van der Waals surface area contributed by atoms with Crippen molar-refractivity contribution in [1.82, 2.24) is 4.72 Å². The van der Waals surface area contributed by atoms with Crippen molar-refractivity contribution in [2.75, 3.05) is 20.3 Å². The fraction of sp³-hybridized carbons (Fsp3) is 0.400. The maximum atomic E-state index is 11.8. The summed E-state index contributed by atoms with van der Waals surface area (Å²) in [5.74, 6) is 0.246. The highest BCUT2D eigenvalue weighted by Crippen LogP contribution is 2.22. The molecule has 1 aromatic rings. The van der Waals surface area contributed by atoms with E-state index >= 15 is 0 Å². The van der Waals surface area contributed by atoms with E-state index in [1.54, 1.807) is 6.07 Å². The number of rotatable bonds is 6. The highest BCUT2D eigenvalue weighted by molar-refractivity contribution is 7.89. The lowest BCUT2D eigenvalue weighted by Gasteiger charge is -2.08. The number of halogens is 2. The third-order valence-corrected chi connectivity index (χ3v) is 4.18. The van der Waals surface area contributed by atoms with Crippen molar-refractivity contribution in [2.24, 2.45) is 0 Å². The molecule has 96 valence electrons. The van der Waals surface area contributed by atoms with Gasteiger partial charge in [0.15, 0.2) is 0 Å². The Morgan fingerprint density at radius 1 is 1.41 bits per heavy atom. The number of ether oxygens (including phenoxy) is 1. The highest BCUT2D eigenvalue weighted by atomic mass is 35.5. The van der Waals surface area contributed by atoms with Gasteiger partial charge in [-0.2, -0.15) is 0 Å². The highest BCUT2D eigenvalue weighted by Gasteiger charge is 2.14. The van der Waals surface area contributed by atoms with Gasteiger partial charge in [0.2, 0.25) is 10.0 Å². The predicted octanol–water partition coefficient (Wildman–Crippen LogP) is 2.00. The molecular weight excluding hydrogens is 285 g/mol. The van der Waals surface area contributed by atoms with Crippen LogP contribution in [0.4, 0.5) is 0 Å². The zero-order valence-electron chi connectivity index (χ0n) is 9.24. The molecule has 1 aromatic carbocycles. The molecule has 1 rings (SSSR count). The van der Waals surface area contributed by atoms with Crippen molar-refractivity contribution >= 4 is 33.2 Å². The van der Waals surface area contributed by atoms with Crippen molar-refractivity contribution in [3.05, 3.63) is 28.8 Å². The maximum Gasteiger partial charge on any atom is 0.240 e. The molecule has 0 atom stereocenters. The SMILES string of the molecule is COCCNS(=O)(=O)c1ccc(CCl)c(Cl)c1. The van der Waals surface area contributed by atoms with Gasteiger partial charge in [0.1, 0.15) is 0 Å². The molecule has 0 saturated heterocycles. The van der Waals surface area contributed by atoms with Crippen LogP contribution in [0.25, 0.3) is 0 Å². The van der Waals surface area contributed by atoms with Crippen LogP contribution in [-0.2, 0) is 20.6 Å². The monoisotopic (exact) mass is 297 g/mol. The van der Waals surface area contributed by atoms with E-state index in [2.05, 4.69) is 4.72 Å². The molecule has 0 fully saturated rings. The molecule has 7 heteroatoms. The molecule has 0 bridgehead atoms. The van der Waals surface area contributed by atoms with Crippen LogP contribution < -0.4 is 4.72 Å². The molecule has 17 heavy (non-hydrogen) atoms. The minimum Gasteiger partial charge on any atom is -0.383 e. The van der Waals surface area contributed by atoms with Gasteiger partial charge >= 0.3 is 0 Å². The zero-order chi connectivity index (χ0) is 12.9. The van der Waals surface area contributed by atoms with E-state index in [1.165, 1.54) is 19.2 Å². The molecule has 0 heterocycles.